The third-order valence-electron chi connectivity index (χ3n) is 19.6. The molecular weight excluding hydrogens is 1250 g/mol. The lowest BCUT2D eigenvalue weighted by Gasteiger charge is -2.17. The minimum absolute atomic E-state index is 0.0499. The lowest BCUT2D eigenvalue weighted by molar-refractivity contribution is 0.0420. The summed E-state index contributed by atoms with van der Waals surface area (Å²) in [6.07, 6.45) is 10.2. The van der Waals surface area contributed by atoms with Crippen molar-refractivity contribution in [2.75, 3.05) is 47.6 Å². The maximum absolute atomic E-state index is 12.7. The van der Waals surface area contributed by atoms with Gasteiger partial charge in [-0.2, -0.15) is 0 Å². The van der Waals surface area contributed by atoms with Crippen LogP contribution in [-0.4, -0.2) is 117 Å². The third kappa shape index (κ3) is 18.5. The highest BCUT2D eigenvalue weighted by Gasteiger charge is 2.31. The molecule has 12 rings (SSSR count). The maximum Gasteiger partial charge on any atom is 0.355 e. The van der Waals surface area contributed by atoms with Crippen molar-refractivity contribution in [2.24, 2.45) is 0 Å². The Labute approximate surface area is 591 Å². The number of benzene rings is 4. The zero-order chi connectivity index (χ0) is 71.9. The van der Waals surface area contributed by atoms with Gasteiger partial charge in [0.25, 0.3) is 0 Å². The summed E-state index contributed by atoms with van der Waals surface area (Å²) in [4.78, 5) is 88.2. The molecule has 100 heavy (non-hydrogen) atoms. The largest absolute Gasteiger partial charge is 0.464 e. The summed E-state index contributed by atoms with van der Waals surface area (Å²) in [7, 11) is 5.25. The van der Waals surface area contributed by atoms with Crippen molar-refractivity contribution in [3.63, 3.8) is 0 Å². The van der Waals surface area contributed by atoms with E-state index in [1.807, 2.05) is 32.7 Å². The van der Waals surface area contributed by atoms with Crippen LogP contribution in [-0.2, 0) is 72.5 Å². The average Bonchev–Trinajstić information content (AvgIpc) is 1.65. The first-order valence-corrected chi connectivity index (χ1v) is 36.0. The molecule has 0 amide bonds. The van der Waals surface area contributed by atoms with Gasteiger partial charge in [-0.15, -0.1) is 0 Å². The van der Waals surface area contributed by atoms with E-state index in [4.69, 9.17) is 19.3 Å². The highest BCUT2D eigenvalue weighted by atomic mass is 16.5. The molecule has 0 saturated heterocycles. The monoisotopic (exact) mass is 1360 g/mol. The lowest BCUT2D eigenvalue weighted by Crippen LogP contribution is -2.22. The van der Waals surface area contributed by atoms with Gasteiger partial charge in [0.2, 0.25) is 0 Å². The Morgan fingerprint density at radius 1 is 0.410 bits per heavy atom. The van der Waals surface area contributed by atoms with E-state index >= 15 is 0 Å². The van der Waals surface area contributed by atoms with E-state index in [9.17, 15) is 33.6 Å². The fourth-order valence-electron chi connectivity index (χ4n) is 13.7. The molecule has 0 atom stereocenters. The number of carbonyl (C=O) groups is 7. The highest BCUT2D eigenvalue weighted by Crippen LogP contribution is 2.32. The van der Waals surface area contributed by atoms with Crippen molar-refractivity contribution >= 4 is 41.0 Å². The fraction of sp³-hybridized carbons (Fsp3) is 0.440. The molecular formula is C84H103N5O11. The standard InChI is InChI=1S/C23H30N2O3.C21H25NO4.C20H23NO3.C20H25NO/c1-16(2)18-10-8-17(9-11-18)15-25-20-6-5-7-22(26)19(20)14-21(25)23(27)28-13-12-24(3)4;1-14(2)16-8-6-15(7-9-16)13-22-18-4-3-5-20(24)17(18)12-19(22)21(25)26-11-10-23;1-13(2)15-9-7-14(8-10-15)12-21-17-5-4-6-19(22)16(17)11-18(21)20(23)24-3;1-4-17-12-18-19(6-5-7-20(18)22)21(17)13-15-8-10-16(11-9-15)14(2)3/h8-11,14,16H,5-7,12-13,15H2,1-4H3;6-9,12,14,23H,3-5,10-11,13H2,1-2H3;7-11,13H,4-6,12H2,1-3H3;8-12,14H,4-7,13H2,1-3H3. The van der Waals surface area contributed by atoms with E-state index in [1.165, 1.54) is 46.3 Å². The first kappa shape index (κ1) is 75.2. The summed E-state index contributed by atoms with van der Waals surface area (Å²) in [5, 5.41) is 8.90. The van der Waals surface area contributed by atoms with Gasteiger partial charge in [-0.25, -0.2) is 14.4 Å². The number of methoxy groups -OCH3 is 1. The number of aliphatic hydroxyl groups excluding tert-OH is 1. The number of hydrogen-bond acceptors (Lipinski definition) is 12. The number of aryl methyl sites for hydroxylation is 1. The van der Waals surface area contributed by atoms with E-state index in [2.05, 4.69) is 170 Å². The molecule has 4 aliphatic rings. The highest BCUT2D eigenvalue weighted by molar-refractivity contribution is 6.03. The second-order valence-electron chi connectivity index (χ2n) is 28.3. The van der Waals surface area contributed by atoms with Crippen LogP contribution in [0.1, 0.15) is 283 Å². The summed E-state index contributed by atoms with van der Waals surface area (Å²) in [5.41, 5.74) is 19.5. The van der Waals surface area contributed by atoms with Crippen LogP contribution in [0, 0.1) is 0 Å². The Balaban J connectivity index is 0.000000156. The number of Topliss-reactive ketones (excluding diaryl/α,β-unsaturated/α-hetero) is 4. The first-order chi connectivity index (χ1) is 48.0. The Kier molecular flexibility index (Phi) is 26.2. The number of hydrogen-bond donors (Lipinski definition) is 1. The van der Waals surface area contributed by atoms with Crippen LogP contribution in [0.15, 0.2) is 121 Å². The van der Waals surface area contributed by atoms with E-state index < -0.39 is 11.9 Å². The van der Waals surface area contributed by atoms with Crippen molar-refractivity contribution in [3.8, 4) is 0 Å². The Bertz CT molecular complexity index is 4170. The van der Waals surface area contributed by atoms with Crippen molar-refractivity contribution in [3.05, 3.63) is 234 Å². The SMILES string of the molecule is CC(C)c1ccc(Cn2c(C(=O)OCCN(C)C)cc3c2CCCC3=O)cc1.CC(C)c1ccc(Cn2c(C(=O)OCCO)cc3c2CCCC3=O)cc1.CCc1cc2c(n1Cc1ccc(C(C)C)cc1)CCCC2=O.COC(=O)c1cc2c(n1Cc1ccc(C(C)C)cc1)CCCC2=O. The fourth-order valence-corrected chi connectivity index (χ4v) is 13.7. The Hall–Kier alpha value is -8.99. The zero-order valence-electron chi connectivity index (χ0n) is 61.0. The van der Waals surface area contributed by atoms with Gasteiger partial charge in [-0.05, 0) is 164 Å². The van der Waals surface area contributed by atoms with Crippen molar-refractivity contribution < 1.29 is 52.9 Å². The molecule has 0 unspecified atom stereocenters. The van der Waals surface area contributed by atoms with Crippen LogP contribution >= 0.6 is 0 Å². The Morgan fingerprint density at radius 3 is 0.970 bits per heavy atom. The molecule has 0 aliphatic heterocycles. The van der Waals surface area contributed by atoms with Crippen LogP contribution in [0.5, 0.6) is 0 Å². The van der Waals surface area contributed by atoms with Crippen LogP contribution < -0.4 is 0 Å². The van der Waals surface area contributed by atoms with Crippen molar-refractivity contribution in [1.29, 1.82) is 0 Å². The number of nitrogens with zero attached hydrogens (tertiary/aromatic N) is 5. The lowest BCUT2D eigenvalue weighted by atomic mass is 9.96. The molecule has 0 fully saturated rings. The summed E-state index contributed by atoms with van der Waals surface area (Å²) >= 11 is 0. The van der Waals surface area contributed by atoms with Gasteiger partial charge in [-0.1, -0.05) is 159 Å². The second-order valence-corrected chi connectivity index (χ2v) is 28.3. The molecule has 0 spiro atoms. The molecule has 4 heterocycles. The van der Waals surface area contributed by atoms with Gasteiger partial charge in [0.1, 0.15) is 30.3 Å². The summed E-state index contributed by atoms with van der Waals surface area (Å²) in [6.45, 7) is 22.9. The van der Waals surface area contributed by atoms with Gasteiger partial charge < -0.3 is 42.5 Å². The number of aromatic nitrogens is 4. The summed E-state index contributed by atoms with van der Waals surface area (Å²) in [5.74, 6) is 1.39. The van der Waals surface area contributed by atoms with Crippen LogP contribution in [0.3, 0.4) is 0 Å². The number of ether oxygens (including phenoxy) is 3. The van der Waals surface area contributed by atoms with Crippen molar-refractivity contribution in [1.82, 2.24) is 23.2 Å². The third-order valence-corrected chi connectivity index (χ3v) is 19.6. The average molecular weight is 1360 g/mol. The second kappa shape index (κ2) is 34.9. The van der Waals surface area contributed by atoms with Crippen molar-refractivity contribution in [2.45, 2.75) is 196 Å². The minimum atomic E-state index is -0.500. The van der Waals surface area contributed by atoms with E-state index in [-0.39, 0.29) is 36.5 Å². The molecule has 4 aromatic carbocycles. The van der Waals surface area contributed by atoms with Gasteiger partial charge in [-0.3, -0.25) is 19.2 Å². The molecule has 16 nitrogen and oxygen atoms in total. The van der Waals surface area contributed by atoms with Gasteiger partial charge in [0, 0.05) is 109 Å². The summed E-state index contributed by atoms with van der Waals surface area (Å²) < 4.78 is 23.7. The van der Waals surface area contributed by atoms with Crippen LogP contribution in [0.2, 0.25) is 0 Å². The number of carbonyl (C=O) groups excluding carboxylic acids is 7. The first-order valence-electron chi connectivity index (χ1n) is 36.0. The number of rotatable bonds is 21. The van der Waals surface area contributed by atoms with Gasteiger partial charge in [0.15, 0.2) is 23.1 Å². The molecule has 0 saturated carbocycles. The Morgan fingerprint density at radius 2 is 0.690 bits per heavy atom. The maximum atomic E-state index is 12.7. The molecule has 4 aliphatic carbocycles. The predicted octanol–water partition coefficient (Wildman–Crippen LogP) is 15.9. The van der Waals surface area contributed by atoms with Crippen LogP contribution in [0.4, 0.5) is 0 Å². The molecule has 0 radical (unpaired) electrons. The zero-order valence-corrected chi connectivity index (χ0v) is 61.0. The van der Waals surface area contributed by atoms with E-state index in [0.29, 0.717) is 122 Å². The molecule has 530 valence electrons. The van der Waals surface area contributed by atoms with Gasteiger partial charge >= 0.3 is 17.9 Å². The number of esters is 3. The normalized spacial score (nSPS) is 14.0. The minimum Gasteiger partial charge on any atom is -0.464 e. The molecule has 0 bridgehead atoms. The smallest absolute Gasteiger partial charge is 0.355 e. The summed E-state index contributed by atoms with van der Waals surface area (Å²) in [6, 6.07) is 41.4. The van der Waals surface area contributed by atoms with Gasteiger partial charge in [0.05, 0.1) is 13.7 Å². The number of aliphatic hydroxyl groups is 1. The topological polar surface area (TPSA) is 190 Å². The molecule has 4 aromatic heterocycles. The number of ketones is 4. The molecule has 16 heteroatoms. The quantitative estimate of drug-likeness (QED) is 0.0530. The van der Waals surface area contributed by atoms with E-state index in [1.54, 1.807) is 18.2 Å². The number of likely N-dealkylation sites (N-methyl/N-ethyl adjacent to an activating group) is 1. The van der Waals surface area contributed by atoms with Crippen LogP contribution in [0.25, 0.3) is 0 Å². The number of fused-ring (bicyclic) bond motifs is 4. The molecule has 1 N–H and O–H groups in total. The van der Waals surface area contributed by atoms with E-state index in [0.717, 1.165) is 104 Å². The predicted molar refractivity (Wildman–Crippen MR) is 392 cm³/mol. The molecule has 8 aromatic rings.